The number of methoxy groups -OCH3 is 2. The van der Waals surface area contributed by atoms with Crippen LogP contribution in [0.3, 0.4) is 0 Å². The molecule has 2 aromatic carbocycles. The number of esters is 1. The molecule has 0 aliphatic carbocycles. The van der Waals surface area contributed by atoms with Gasteiger partial charge in [0.05, 0.1) is 36.6 Å². The van der Waals surface area contributed by atoms with E-state index in [0.29, 0.717) is 43.4 Å². The van der Waals surface area contributed by atoms with Crippen molar-refractivity contribution in [2.45, 2.75) is 19.9 Å². The first-order chi connectivity index (χ1) is 18.3. The lowest BCUT2D eigenvalue weighted by Crippen LogP contribution is -2.40. The molecule has 2 heterocycles. The van der Waals surface area contributed by atoms with Crippen LogP contribution in [0.1, 0.15) is 31.0 Å². The normalized spacial score (nSPS) is 14.8. The number of ether oxygens (including phenoxy) is 4. The van der Waals surface area contributed by atoms with E-state index in [1.54, 1.807) is 51.3 Å². The Kier molecular flexibility index (Phi) is 8.39. The summed E-state index contributed by atoms with van der Waals surface area (Å²) in [6.45, 7) is 3.71. The third kappa shape index (κ3) is 5.26. The molecular formula is C28H25BrN2O6S. The van der Waals surface area contributed by atoms with Crippen molar-refractivity contribution >= 4 is 39.3 Å². The van der Waals surface area contributed by atoms with Crippen LogP contribution in [0, 0.1) is 12.3 Å². The summed E-state index contributed by atoms with van der Waals surface area (Å²) in [6.07, 6.45) is 7.09. The Labute approximate surface area is 232 Å². The van der Waals surface area contributed by atoms with Gasteiger partial charge in [0.15, 0.2) is 4.80 Å². The summed E-state index contributed by atoms with van der Waals surface area (Å²) in [4.78, 5) is 32.2. The minimum Gasteiger partial charge on any atom is -0.497 e. The van der Waals surface area contributed by atoms with E-state index < -0.39 is 12.0 Å². The molecule has 196 valence electrons. The molecule has 8 nitrogen and oxygen atoms in total. The fourth-order valence-corrected chi connectivity index (χ4v) is 5.58. The third-order valence-corrected chi connectivity index (χ3v) is 7.29. The molecular weight excluding hydrogens is 572 g/mol. The van der Waals surface area contributed by atoms with Gasteiger partial charge in [-0.3, -0.25) is 9.36 Å². The number of aromatic nitrogens is 1. The summed E-state index contributed by atoms with van der Waals surface area (Å²) in [6, 6.07) is 9.82. The summed E-state index contributed by atoms with van der Waals surface area (Å²) >= 11 is 4.68. The van der Waals surface area contributed by atoms with Gasteiger partial charge < -0.3 is 18.9 Å². The number of fused-ring (bicyclic) bond motifs is 1. The zero-order valence-corrected chi connectivity index (χ0v) is 23.6. The van der Waals surface area contributed by atoms with Gasteiger partial charge in [0.25, 0.3) is 5.56 Å². The van der Waals surface area contributed by atoms with Crippen molar-refractivity contribution in [3.63, 3.8) is 0 Å². The molecule has 0 saturated heterocycles. The van der Waals surface area contributed by atoms with Gasteiger partial charge in [0.2, 0.25) is 0 Å². The predicted molar refractivity (Wildman–Crippen MR) is 148 cm³/mol. The Morgan fingerprint density at radius 2 is 1.97 bits per heavy atom. The molecule has 38 heavy (non-hydrogen) atoms. The average Bonchev–Trinajstić information content (AvgIpc) is 3.21. The minimum atomic E-state index is -0.850. The lowest BCUT2D eigenvalue weighted by molar-refractivity contribution is -0.139. The maximum absolute atomic E-state index is 13.9. The van der Waals surface area contributed by atoms with Crippen molar-refractivity contribution in [3.05, 3.63) is 83.0 Å². The quantitative estimate of drug-likeness (QED) is 0.292. The predicted octanol–water partition coefficient (Wildman–Crippen LogP) is 3.59. The molecule has 0 unspecified atom stereocenters. The molecule has 0 saturated carbocycles. The first kappa shape index (κ1) is 27.2. The molecule has 4 rings (SSSR count). The molecule has 1 aromatic heterocycles. The number of nitrogens with zero attached hydrogens (tertiary/aromatic N) is 2. The molecule has 1 atom stereocenters. The van der Waals surface area contributed by atoms with Gasteiger partial charge in [-0.05, 0) is 56.3 Å². The number of terminal acetylenes is 1. The van der Waals surface area contributed by atoms with E-state index in [4.69, 9.17) is 25.4 Å². The van der Waals surface area contributed by atoms with Crippen molar-refractivity contribution in [1.29, 1.82) is 0 Å². The van der Waals surface area contributed by atoms with E-state index in [9.17, 15) is 9.59 Å². The standard InChI is InChI=1S/C28H25BrN2O6S/c1-6-12-37-21-10-8-18(29)13-17(21)14-23-26(32)31-25(20-15-19(34-4)9-11-22(20)35-5)24(27(33)36-7-2)16(3)30-28(31)38-23/h1,8-11,13-15,25H,7,12H2,2-5H3/b23-14-/t25-/m0/s1. The summed E-state index contributed by atoms with van der Waals surface area (Å²) in [5.74, 6) is 3.46. The minimum absolute atomic E-state index is 0.0848. The molecule has 0 fully saturated rings. The first-order valence-electron chi connectivity index (χ1n) is 11.6. The van der Waals surface area contributed by atoms with E-state index in [1.807, 2.05) is 12.1 Å². The van der Waals surface area contributed by atoms with Crippen molar-refractivity contribution in [3.8, 4) is 29.6 Å². The van der Waals surface area contributed by atoms with E-state index >= 15 is 0 Å². The van der Waals surface area contributed by atoms with Crippen LogP contribution in [0.5, 0.6) is 17.2 Å². The van der Waals surface area contributed by atoms with Gasteiger partial charge >= 0.3 is 5.97 Å². The second kappa shape index (κ2) is 11.7. The molecule has 3 aromatic rings. The molecule has 10 heteroatoms. The number of benzene rings is 2. The lowest BCUT2D eigenvalue weighted by Gasteiger charge is -2.26. The van der Waals surface area contributed by atoms with Crippen LogP contribution >= 0.6 is 27.3 Å². The SMILES string of the molecule is C#CCOc1ccc(Br)cc1/C=c1\sc2n(c1=O)[C@@H](c1cc(OC)ccc1OC)C(C(=O)OCC)=C(C)N=2. The molecule has 0 bridgehead atoms. The molecule has 0 radical (unpaired) electrons. The van der Waals surface area contributed by atoms with Gasteiger partial charge in [0, 0.05) is 15.6 Å². The van der Waals surface area contributed by atoms with E-state index in [0.717, 1.165) is 4.47 Å². The van der Waals surface area contributed by atoms with E-state index in [-0.39, 0.29) is 24.3 Å². The third-order valence-electron chi connectivity index (χ3n) is 5.82. The van der Waals surface area contributed by atoms with E-state index in [1.165, 1.54) is 23.0 Å². The summed E-state index contributed by atoms with van der Waals surface area (Å²) in [5.41, 5.74) is 1.60. The fourth-order valence-electron chi connectivity index (χ4n) is 4.16. The molecule has 1 aliphatic heterocycles. The van der Waals surface area contributed by atoms with Crippen LogP contribution in [0.2, 0.25) is 0 Å². The highest BCUT2D eigenvalue weighted by molar-refractivity contribution is 9.10. The number of thiazole rings is 1. The highest BCUT2D eigenvalue weighted by Crippen LogP contribution is 2.37. The number of allylic oxidation sites excluding steroid dienone is 1. The Bertz CT molecular complexity index is 1650. The monoisotopic (exact) mass is 596 g/mol. The van der Waals surface area contributed by atoms with Crippen LogP contribution < -0.4 is 29.1 Å². The molecule has 0 N–H and O–H groups in total. The van der Waals surface area contributed by atoms with Gasteiger partial charge in [0.1, 0.15) is 29.9 Å². The molecule has 1 aliphatic rings. The number of carbonyl (C=O) groups excluding carboxylic acids is 1. The Balaban J connectivity index is 2.00. The van der Waals surface area contributed by atoms with Crippen molar-refractivity contribution in [1.82, 2.24) is 4.57 Å². The summed E-state index contributed by atoms with van der Waals surface area (Å²) < 4.78 is 24.8. The van der Waals surface area contributed by atoms with Gasteiger partial charge in [-0.1, -0.05) is 33.2 Å². The van der Waals surface area contributed by atoms with Crippen LogP contribution in [0.15, 0.2) is 61.9 Å². The maximum Gasteiger partial charge on any atom is 0.338 e. The second-order valence-corrected chi connectivity index (χ2v) is 10.0. The van der Waals surface area contributed by atoms with Crippen LogP contribution in [-0.4, -0.2) is 38.0 Å². The fraction of sp³-hybridized carbons (Fsp3) is 0.250. The van der Waals surface area contributed by atoms with Gasteiger partial charge in [-0.15, -0.1) is 6.42 Å². The Hall–Kier alpha value is -3.81. The van der Waals surface area contributed by atoms with Crippen molar-refractivity contribution in [2.24, 2.45) is 4.99 Å². The average molecular weight is 597 g/mol. The Morgan fingerprint density at radius 1 is 1.21 bits per heavy atom. The first-order valence-corrected chi connectivity index (χ1v) is 13.2. The summed E-state index contributed by atoms with van der Waals surface area (Å²) in [5, 5.41) is 0. The number of carbonyl (C=O) groups is 1. The van der Waals surface area contributed by atoms with Crippen LogP contribution in [0.4, 0.5) is 0 Å². The number of halogens is 1. The van der Waals surface area contributed by atoms with Gasteiger partial charge in [-0.25, -0.2) is 9.79 Å². The Morgan fingerprint density at radius 3 is 2.66 bits per heavy atom. The number of hydrogen-bond acceptors (Lipinski definition) is 8. The maximum atomic E-state index is 13.9. The highest BCUT2D eigenvalue weighted by atomic mass is 79.9. The number of rotatable bonds is 8. The highest BCUT2D eigenvalue weighted by Gasteiger charge is 2.35. The van der Waals surface area contributed by atoms with Gasteiger partial charge in [-0.2, -0.15) is 0 Å². The molecule has 0 amide bonds. The topological polar surface area (TPSA) is 88.3 Å². The lowest BCUT2D eigenvalue weighted by atomic mass is 9.94. The largest absolute Gasteiger partial charge is 0.497 e. The number of hydrogen-bond donors (Lipinski definition) is 0. The smallest absolute Gasteiger partial charge is 0.338 e. The second-order valence-electron chi connectivity index (χ2n) is 8.09. The van der Waals surface area contributed by atoms with E-state index in [2.05, 4.69) is 26.8 Å². The zero-order valence-electron chi connectivity index (χ0n) is 21.2. The van der Waals surface area contributed by atoms with Crippen LogP contribution in [0.25, 0.3) is 6.08 Å². The summed E-state index contributed by atoms with van der Waals surface area (Å²) in [7, 11) is 3.07. The molecule has 0 spiro atoms. The zero-order chi connectivity index (χ0) is 27.4. The van der Waals surface area contributed by atoms with Crippen molar-refractivity contribution in [2.75, 3.05) is 27.4 Å². The van der Waals surface area contributed by atoms with Crippen LogP contribution in [-0.2, 0) is 9.53 Å². The van der Waals surface area contributed by atoms with Crippen molar-refractivity contribution < 1.29 is 23.7 Å².